The van der Waals surface area contributed by atoms with Crippen molar-refractivity contribution in [1.82, 2.24) is 10.2 Å². The Hall–Kier alpha value is -2.57. The van der Waals surface area contributed by atoms with Crippen LogP contribution in [0.1, 0.15) is 49.5 Å². The Balaban J connectivity index is 2.01. The number of nitrogens with zero attached hydrogens (tertiary/aromatic N) is 1. The van der Waals surface area contributed by atoms with Crippen molar-refractivity contribution in [2.45, 2.75) is 52.2 Å². The lowest BCUT2D eigenvalue weighted by atomic mass is 9.98. The highest BCUT2D eigenvalue weighted by molar-refractivity contribution is 6.04. The van der Waals surface area contributed by atoms with Crippen molar-refractivity contribution in [2.24, 2.45) is 0 Å². The third-order valence-electron chi connectivity index (χ3n) is 4.35. The van der Waals surface area contributed by atoms with Gasteiger partial charge in [0.2, 0.25) is 5.91 Å². The maximum Gasteiger partial charge on any atom is 0.407 e. The van der Waals surface area contributed by atoms with Crippen molar-refractivity contribution >= 4 is 17.8 Å². The first-order chi connectivity index (χ1) is 12.6. The van der Waals surface area contributed by atoms with Crippen LogP contribution in [-0.4, -0.2) is 54.5 Å². The summed E-state index contributed by atoms with van der Waals surface area (Å²) in [6.45, 7) is 7.68. The molecule has 0 radical (unpaired) electrons. The van der Waals surface area contributed by atoms with Crippen molar-refractivity contribution in [3.8, 4) is 5.75 Å². The van der Waals surface area contributed by atoms with Gasteiger partial charge in [-0.2, -0.15) is 0 Å². The molecule has 7 heteroatoms. The molecule has 1 heterocycles. The molecule has 2 rings (SSSR count). The molecule has 1 aliphatic heterocycles. The Morgan fingerprint density at radius 1 is 1.30 bits per heavy atom. The SMILES string of the molecule is COc1ccc(C(=O)C2CCC(=O)N2CCNC(=O)OC(C)(C)C)c(C)c1. The number of aryl methyl sites for hydroxylation is 1. The zero-order chi connectivity index (χ0) is 20.2. The Morgan fingerprint density at radius 3 is 2.59 bits per heavy atom. The quantitative estimate of drug-likeness (QED) is 0.772. The number of Topliss-reactive ketones (excluding diaryl/α,β-unsaturated/α-hetero) is 1. The van der Waals surface area contributed by atoms with E-state index in [4.69, 9.17) is 9.47 Å². The number of ether oxygens (including phenoxy) is 2. The number of likely N-dealkylation sites (tertiary alicyclic amines) is 1. The van der Waals surface area contributed by atoms with Gasteiger partial charge in [0.25, 0.3) is 0 Å². The van der Waals surface area contributed by atoms with E-state index in [9.17, 15) is 14.4 Å². The summed E-state index contributed by atoms with van der Waals surface area (Å²) >= 11 is 0. The van der Waals surface area contributed by atoms with Gasteiger partial charge in [0.1, 0.15) is 11.4 Å². The van der Waals surface area contributed by atoms with E-state index >= 15 is 0 Å². The highest BCUT2D eigenvalue weighted by atomic mass is 16.6. The van der Waals surface area contributed by atoms with E-state index in [0.717, 1.165) is 5.56 Å². The van der Waals surface area contributed by atoms with Crippen LogP contribution in [0.15, 0.2) is 18.2 Å². The molecule has 0 saturated carbocycles. The lowest BCUT2D eigenvalue weighted by Crippen LogP contribution is -2.44. The lowest BCUT2D eigenvalue weighted by Gasteiger charge is -2.25. The van der Waals surface area contributed by atoms with Gasteiger partial charge in [0, 0.05) is 25.1 Å². The zero-order valence-electron chi connectivity index (χ0n) is 16.6. The summed E-state index contributed by atoms with van der Waals surface area (Å²) < 4.78 is 10.4. The molecule has 1 fully saturated rings. The number of methoxy groups -OCH3 is 1. The highest BCUT2D eigenvalue weighted by Crippen LogP contribution is 2.25. The molecule has 148 valence electrons. The van der Waals surface area contributed by atoms with E-state index in [0.29, 0.717) is 24.2 Å². The second-order valence-corrected chi connectivity index (χ2v) is 7.62. The van der Waals surface area contributed by atoms with E-state index in [1.807, 2.05) is 6.92 Å². The van der Waals surface area contributed by atoms with E-state index in [1.165, 1.54) is 0 Å². The lowest BCUT2D eigenvalue weighted by molar-refractivity contribution is -0.128. The Kier molecular flexibility index (Phi) is 6.46. The molecule has 1 saturated heterocycles. The van der Waals surface area contributed by atoms with E-state index < -0.39 is 17.7 Å². The normalized spacial score (nSPS) is 17.0. The molecule has 0 spiro atoms. The molecule has 0 aliphatic carbocycles. The summed E-state index contributed by atoms with van der Waals surface area (Å²) in [6, 6.07) is 4.77. The van der Waals surface area contributed by atoms with Gasteiger partial charge < -0.3 is 19.7 Å². The average Bonchev–Trinajstić information content (AvgIpc) is 2.93. The minimum absolute atomic E-state index is 0.0782. The molecular formula is C20H28N2O5. The van der Waals surface area contributed by atoms with Crippen LogP contribution < -0.4 is 10.1 Å². The second kappa shape index (κ2) is 8.41. The molecule has 0 bridgehead atoms. The van der Waals surface area contributed by atoms with E-state index in [-0.39, 0.29) is 24.8 Å². The van der Waals surface area contributed by atoms with E-state index in [2.05, 4.69) is 5.32 Å². The van der Waals surface area contributed by atoms with Gasteiger partial charge >= 0.3 is 6.09 Å². The number of carbonyl (C=O) groups is 3. The summed E-state index contributed by atoms with van der Waals surface area (Å²) in [5.74, 6) is 0.522. The fourth-order valence-corrected chi connectivity index (χ4v) is 3.10. The smallest absolute Gasteiger partial charge is 0.407 e. The number of hydrogen-bond donors (Lipinski definition) is 1. The van der Waals surface area contributed by atoms with Crippen LogP contribution in [-0.2, 0) is 9.53 Å². The molecule has 1 aromatic rings. The number of ketones is 1. The van der Waals surface area contributed by atoms with E-state index in [1.54, 1.807) is 51.0 Å². The Bertz CT molecular complexity index is 724. The summed E-state index contributed by atoms with van der Waals surface area (Å²) in [6.07, 6.45) is 0.274. The van der Waals surface area contributed by atoms with Gasteiger partial charge in [-0.15, -0.1) is 0 Å². The Morgan fingerprint density at radius 2 is 2.00 bits per heavy atom. The Labute approximate surface area is 160 Å². The van der Waals surface area contributed by atoms with Crippen molar-refractivity contribution < 1.29 is 23.9 Å². The number of nitrogens with one attached hydrogen (secondary N) is 1. The van der Waals surface area contributed by atoms with Crippen LogP contribution >= 0.6 is 0 Å². The maximum atomic E-state index is 13.0. The molecular weight excluding hydrogens is 348 g/mol. The molecule has 0 aromatic heterocycles. The third-order valence-corrected chi connectivity index (χ3v) is 4.35. The molecule has 1 unspecified atom stereocenters. The third kappa shape index (κ3) is 5.45. The molecule has 1 atom stereocenters. The zero-order valence-corrected chi connectivity index (χ0v) is 16.6. The van der Waals surface area contributed by atoms with Crippen LogP contribution in [0, 0.1) is 6.92 Å². The summed E-state index contributed by atoms with van der Waals surface area (Å²) in [4.78, 5) is 38.5. The van der Waals surface area contributed by atoms with Crippen LogP contribution in [0.3, 0.4) is 0 Å². The fourth-order valence-electron chi connectivity index (χ4n) is 3.10. The molecule has 2 amide bonds. The van der Waals surface area contributed by atoms with Crippen LogP contribution in [0.2, 0.25) is 0 Å². The number of rotatable bonds is 6. The van der Waals surface area contributed by atoms with Gasteiger partial charge in [0.15, 0.2) is 5.78 Å². The first-order valence-electron chi connectivity index (χ1n) is 9.07. The number of carbonyl (C=O) groups excluding carboxylic acids is 3. The van der Waals surface area contributed by atoms with Gasteiger partial charge in [-0.25, -0.2) is 4.79 Å². The van der Waals surface area contributed by atoms with Crippen molar-refractivity contribution in [3.05, 3.63) is 29.3 Å². The highest BCUT2D eigenvalue weighted by Gasteiger charge is 2.36. The molecule has 7 nitrogen and oxygen atoms in total. The first kappa shape index (κ1) is 20.7. The topological polar surface area (TPSA) is 84.9 Å². The molecule has 27 heavy (non-hydrogen) atoms. The second-order valence-electron chi connectivity index (χ2n) is 7.62. The van der Waals surface area contributed by atoms with Crippen LogP contribution in [0.5, 0.6) is 5.75 Å². The summed E-state index contributed by atoms with van der Waals surface area (Å²) in [7, 11) is 1.57. The number of hydrogen-bond acceptors (Lipinski definition) is 5. The average molecular weight is 376 g/mol. The monoisotopic (exact) mass is 376 g/mol. The van der Waals surface area contributed by atoms with Crippen molar-refractivity contribution in [3.63, 3.8) is 0 Å². The number of amides is 2. The van der Waals surface area contributed by atoms with Gasteiger partial charge in [-0.1, -0.05) is 0 Å². The van der Waals surface area contributed by atoms with Gasteiger partial charge in [0.05, 0.1) is 13.2 Å². The predicted molar refractivity (Wildman–Crippen MR) is 101 cm³/mol. The minimum atomic E-state index is -0.585. The molecule has 1 aromatic carbocycles. The standard InChI is InChI=1S/C20H28N2O5/c1-13-12-14(26-5)6-7-15(13)18(24)16-8-9-17(23)22(16)11-10-21-19(25)27-20(2,3)4/h6-7,12,16H,8-11H2,1-5H3,(H,21,25). The summed E-state index contributed by atoms with van der Waals surface area (Å²) in [5, 5.41) is 2.63. The van der Waals surface area contributed by atoms with Crippen molar-refractivity contribution in [1.29, 1.82) is 0 Å². The number of alkyl carbamates (subject to hydrolysis) is 1. The van der Waals surface area contributed by atoms with Crippen LogP contribution in [0.4, 0.5) is 4.79 Å². The predicted octanol–water partition coefficient (Wildman–Crippen LogP) is 2.70. The largest absolute Gasteiger partial charge is 0.497 e. The minimum Gasteiger partial charge on any atom is -0.497 e. The summed E-state index contributed by atoms with van der Waals surface area (Å²) in [5.41, 5.74) is 0.809. The first-order valence-corrected chi connectivity index (χ1v) is 9.07. The van der Waals surface area contributed by atoms with Gasteiger partial charge in [-0.3, -0.25) is 9.59 Å². The maximum absolute atomic E-state index is 13.0. The molecule has 1 aliphatic rings. The number of benzene rings is 1. The molecule has 1 N–H and O–H groups in total. The fraction of sp³-hybridized carbons (Fsp3) is 0.550. The van der Waals surface area contributed by atoms with Gasteiger partial charge in [-0.05, 0) is 57.9 Å². The van der Waals surface area contributed by atoms with Crippen LogP contribution in [0.25, 0.3) is 0 Å². The van der Waals surface area contributed by atoms with Crippen molar-refractivity contribution in [2.75, 3.05) is 20.2 Å².